The smallest absolute Gasteiger partial charge is 0.204 e. The summed E-state index contributed by atoms with van der Waals surface area (Å²) in [4.78, 5) is 0. The van der Waals surface area contributed by atoms with E-state index < -0.39 is 17.8 Å². The van der Waals surface area contributed by atoms with E-state index in [0.717, 1.165) is 37.5 Å². The summed E-state index contributed by atoms with van der Waals surface area (Å²) in [5.74, 6) is -0.279. The van der Waals surface area contributed by atoms with Gasteiger partial charge in [-0.15, -0.1) is 0 Å². The Balaban J connectivity index is 1.37. The van der Waals surface area contributed by atoms with Crippen LogP contribution in [-0.2, 0) is 0 Å². The van der Waals surface area contributed by atoms with Gasteiger partial charge < -0.3 is 9.47 Å². The zero-order valence-electron chi connectivity index (χ0n) is 18.9. The number of allylic oxidation sites excluding steroid dienone is 2. The largest absolute Gasteiger partial charge is 0.491 e. The molecule has 0 heterocycles. The zero-order chi connectivity index (χ0) is 22.2. The first-order valence-electron chi connectivity index (χ1n) is 12.0. The number of hydrogen-bond donors (Lipinski definition) is 0. The lowest BCUT2D eigenvalue weighted by molar-refractivity contribution is 0.135. The summed E-state index contributed by atoms with van der Waals surface area (Å²) in [5, 5.41) is 0. The van der Waals surface area contributed by atoms with E-state index in [-0.39, 0.29) is 37.1 Å². The van der Waals surface area contributed by atoms with Crippen molar-refractivity contribution in [2.24, 2.45) is 23.7 Å². The number of alkyl halides is 1. The molecule has 2 aliphatic rings. The van der Waals surface area contributed by atoms with Crippen LogP contribution in [0, 0.1) is 35.3 Å². The van der Waals surface area contributed by atoms with Crippen molar-refractivity contribution in [1.82, 2.24) is 0 Å². The molecular formula is C26H37F3O2. The molecule has 0 radical (unpaired) electrons. The van der Waals surface area contributed by atoms with Crippen molar-refractivity contribution in [1.29, 1.82) is 0 Å². The van der Waals surface area contributed by atoms with Gasteiger partial charge in [-0.25, -0.2) is 4.39 Å². The van der Waals surface area contributed by atoms with Crippen molar-refractivity contribution < 1.29 is 22.6 Å². The van der Waals surface area contributed by atoms with Gasteiger partial charge in [-0.2, -0.15) is 8.78 Å². The Morgan fingerprint density at radius 3 is 1.94 bits per heavy atom. The van der Waals surface area contributed by atoms with E-state index in [1.54, 1.807) is 6.92 Å². The minimum absolute atomic E-state index is 0.0330. The molecule has 1 aromatic rings. The maximum Gasteiger partial charge on any atom is 0.204 e. The number of hydrogen-bond acceptors (Lipinski definition) is 2. The Kier molecular flexibility index (Phi) is 9.15. The number of rotatable bonds is 9. The Bertz CT molecular complexity index is 705. The number of benzene rings is 1. The number of ether oxygens (including phenoxy) is 2. The monoisotopic (exact) mass is 438 g/mol. The van der Waals surface area contributed by atoms with Crippen LogP contribution in [-0.4, -0.2) is 19.4 Å². The lowest BCUT2D eigenvalue weighted by Crippen LogP contribution is -2.24. The van der Waals surface area contributed by atoms with Gasteiger partial charge in [0.2, 0.25) is 11.6 Å². The van der Waals surface area contributed by atoms with Crippen LogP contribution in [0.4, 0.5) is 13.2 Å². The van der Waals surface area contributed by atoms with Crippen LogP contribution in [0.5, 0.6) is 11.5 Å². The molecule has 0 aliphatic heterocycles. The lowest BCUT2D eigenvalue weighted by Gasteiger charge is -2.30. The summed E-state index contributed by atoms with van der Waals surface area (Å²) in [6.45, 7) is 4.32. The predicted molar refractivity (Wildman–Crippen MR) is 118 cm³/mol. The summed E-state index contributed by atoms with van der Waals surface area (Å²) >= 11 is 0. The van der Waals surface area contributed by atoms with Gasteiger partial charge in [0.15, 0.2) is 11.5 Å². The molecule has 174 valence electrons. The average Bonchev–Trinajstić information content (AvgIpc) is 2.78. The van der Waals surface area contributed by atoms with Gasteiger partial charge >= 0.3 is 0 Å². The molecule has 0 amide bonds. The normalized spacial score (nSPS) is 27.9. The van der Waals surface area contributed by atoms with Gasteiger partial charge in [-0.3, -0.25) is 0 Å². The molecule has 1 aromatic carbocycles. The third kappa shape index (κ3) is 6.92. The third-order valence-electron chi connectivity index (χ3n) is 7.01. The summed E-state index contributed by atoms with van der Waals surface area (Å²) in [6, 6.07) is 2.67. The van der Waals surface area contributed by atoms with Crippen molar-refractivity contribution in [2.75, 3.05) is 13.2 Å². The van der Waals surface area contributed by atoms with E-state index in [2.05, 4.69) is 19.1 Å². The molecule has 2 fully saturated rings. The van der Waals surface area contributed by atoms with Crippen molar-refractivity contribution in [3.8, 4) is 11.5 Å². The minimum atomic E-state index is -1.08. The van der Waals surface area contributed by atoms with Gasteiger partial charge in [0.25, 0.3) is 0 Å². The fraction of sp³-hybridized carbons (Fsp3) is 0.692. The molecule has 0 bridgehead atoms. The standard InChI is InChI=1S/C26H37F3O2/c1-3-30-23-14-15-24(26(29)25(23)28)31-17-16-22(27)21-12-10-20(11-13-21)9-8-19-6-4-18(2)5-7-19/h8-9,14-15,18-22H,3-7,10-13,16-17H2,1-2H3/b9-8+. The van der Waals surface area contributed by atoms with Crippen LogP contribution in [0.2, 0.25) is 0 Å². The van der Waals surface area contributed by atoms with E-state index in [1.807, 2.05) is 0 Å². The fourth-order valence-electron chi connectivity index (χ4n) is 4.90. The Morgan fingerprint density at radius 2 is 1.39 bits per heavy atom. The van der Waals surface area contributed by atoms with Crippen molar-refractivity contribution in [3.05, 3.63) is 35.9 Å². The van der Waals surface area contributed by atoms with E-state index in [4.69, 9.17) is 9.47 Å². The van der Waals surface area contributed by atoms with E-state index in [9.17, 15) is 13.2 Å². The summed E-state index contributed by atoms with van der Waals surface area (Å²) in [6.07, 6.45) is 13.1. The van der Waals surface area contributed by atoms with Gasteiger partial charge in [0.05, 0.1) is 13.2 Å². The van der Waals surface area contributed by atoms with Gasteiger partial charge in [-0.05, 0) is 81.3 Å². The molecule has 0 aromatic heterocycles. The molecule has 0 saturated heterocycles. The van der Waals surface area contributed by atoms with Gasteiger partial charge in [-0.1, -0.05) is 31.9 Å². The second-order valence-corrected chi connectivity index (χ2v) is 9.36. The van der Waals surface area contributed by atoms with Crippen LogP contribution >= 0.6 is 0 Å². The highest BCUT2D eigenvalue weighted by atomic mass is 19.2. The van der Waals surface area contributed by atoms with Crippen LogP contribution in [0.3, 0.4) is 0 Å². The van der Waals surface area contributed by atoms with Crippen molar-refractivity contribution in [3.63, 3.8) is 0 Å². The maximum atomic E-state index is 14.7. The maximum absolute atomic E-state index is 14.7. The van der Waals surface area contributed by atoms with Crippen LogP contribution in [0.1, 0.15) is 71.6 Å². The SMILES string of the molecule is CCOc1ccc(OCCC(F)C2CCC(/C=C/C3CCC(C)CC3)CC2)c(F)c1F. The van der Waals surface area contributed by atoms with Crippen molar-refractivity contribution in [2.45, 2.75) is 77.8 Å². The molecule has 3 rings (SSSR count). The Labute approximate surface area is 185 Å². The topological polar surface area (TPSA) is 18.5 Å². The highest BCUT2D eigenvalue weighted by Crippen LogP contribution is 2.35. The molecule has 5 heteroatoms. The molecule has 2 nitrogen and oxygen atoms in total. The molecule has 31 heavy (non-hydrogen) atoms. The number of halogens is 3. The minimum Gasteiger partial charge on any atom is -0.491 e. The Hall–Kier alpha value is -1.65. The second-order valence-electron chi connectivity index (χ2n) is 9.36. The molecule has 2 aliphatic carbocycles. The van der Waals surface area contributed by atoms with Gasteiger partial charge in [0, 0.05) is 6.42 Å². The highest BCUT2D eigenvalue weighted by molar-refractivity contribution is 5.35. The van der Waals surface area contributed by atoms with Crippen LogP contribution in [0.25, 0.3) is 0 Å². The lowest BCUT2D eigenvalue weighted by atomic mass is 9.78. The van der Waals surface area contributed by atoms with E-state index >= 15 is 0 Å². The molecule has 1 unspecified atom stereocenters. The molecule has 1 atom stereocenters. The first-order valence-corrected chi connectivity index (χ1v) is 12.0. The zero-order valence-corrected chi connectivity index (χ0v) is 18.9. The van der Waals surface area contributed by atoms with E-state index in [0.29, 0.717) is 5.92 Å². The molecular weight excluding hydrogens is 401 g/mol. The molecule has 0 spiro atoms. The Morgan fingerprint density at radius 1 is 0.871 bits per heavy atom. The second kappa shape index (κ2) is 11.8. The first-order chi connectivity index (χ1) is 15.0. The average molecular weight is 439 g/mol. The van der Waals surface area contributed by atoms with Crippen molar-refractivity contribution >= 4 is 0 Å². The predicted octanol–water partition coefficient (Wildman–Crippen LogP) is 7.66. The summed E-state index contributed by atoms with van der Waals surface area (Å²) in [7, 11) is 0. The summed E-state index contributed by atoms with van der Waals surface area (Å²) < 4.78 is 53.0. The third-order valence-corrected chi connectivity index (χ3v) is 7.01. The van der Waals surface area contributed by atoms with Gasteiger partial charge in [0.1, 0.15) is 6.17 Å². The summed E-state index contributed by atoms with van der Waals surface area (Å²) in [5.41, 5.74) is 0. The molecule has 0 N–H and O–H groups in total. The first kappa shape index (κ1) is 24.0. The quantitative estimate of drug-likeness (QED) is 0.369. The molecule has 2 saturated carbocycles. The highest BCUT2D eigenvalue weighted by Gasteiger charge is 2.27. The van der Waals surface area contributed by atoms with Crippen LogP contribution in [0.15, 0.2) is 24.3 Å². The fourth-order valence-corrected chi connectivity index (χ4v) is 4.90. The van der Waals surface area contributed by atoms with Crippen LogP contribution < -0.4 is 9.47 Å². The van der Waals surface area contributed by atoms with E-state index in [1.165, 1.54) is 37.8 Å².